The normalized spacial score (nSPS) is 16.0. The second-order valence-electron chi connectivity index (χ2n) is 7.57. The first-order chi connectivity index (χ1) is 13.8. The van der Waals surface area contributed by atoms with E-state index in [-0.39, 0.29) is 11.9 Å². The standard InChI is InChI=1S/C23H27NO5/c1-15(25)29-23(2,3)22(26)24-12-11-17-13-19(27-4)20(28-5)14-18(17)21(24)16-9-7-6-8-10-16/h6-10,13-14,21H,11-12H2,1-5H3/t21-/m1/s1. The molecule has 3 rings (SSSR count). The fourth-order valence-corrected chi connectivity index (χ4v) is 3.91. The Morgan fingerprint density at radius 3 is 2.24 bits per heavy atom. The van der Waals surface area contributed by atoms with Gasteiger partial charge in [-0.3, -0.25) is 9.59 Å². The highest BCUT2D eigenvalue weighted by molar-refractivity contribution is 5.88. The molecule has 0 unspecified atom stereocenters. The molecular weight excluding hydrogens is 370 g/mol. The number of nitrogens with zero attached hydrogens (tertiary/aromatic N) is 1. The molecule has 0 radical (unpaired) electrons. The summed E-state index contributed by atoms with van der Waals surface area (Å²) in [5.41, 5.74) is 1.80. The maximum Gasteiger partial charge on any atom is 0.303 e. The van der Waals surface area contributed by atoms with Gasteiger partial charge in [0.1, 0.15) is 0 Å². The maximum absolute atomic E-state index is 13.4. The highest BCUT2D eigenvalue weighted by Gasteiger charge is 2.41. The van der Waals surface area contributed by atoms with Gasteiger partial charge in [-0.25, -0.2) is 0 Å². The Balaban J connectivity index is 2.12. The third-order valence-electron chi connectivity index (χ3n) is 5.16. The Morgan fingerprint density at radius 1 is 1.03 bits per heavy atom. The van der Waals surface area contributed by atoms with Gasteiger partial charge in [0, 0.05) is 13.5 Å². The lowest BCUT2D eigenvalue weighted by Gasteiger charge is -2.41. The second kappa shape index (κ2) is 8.15. The van der Waals surface area contributed by atoms with Crippen LogP contribution in [-0.2, 0) is 20.7 Å². The molecule has 1 aliphatic heterocycles. The van der Waals surface area contributed by atoms with Crippen LogP contribution in [0.5, 0.6) is 11.5 Å². The minimum absolute atomic E-state index is 0.234. The Kier molecular flexibility index (Phi) is 5.82. The second-order valence-corrected chi connectivity index (χ2v) is 7.57. The lowest BCUT2D eigenvalue weighted by molar-refractivity contribution is -0.169. The Labute approximate surface area is 171 Å². The number of methoxy groups -OCH3 is 2. The highest BCUT2D eigenvalue weighted by atomic mass is 16.6. The minimum atomic E-state index is -1.26. The number of hydrogen-bond acceptors (Lipinski definition) is 5. The summed E-state index contributed by atoms with van der Waals surface area (Å²) in [5.74, 6) is 0.559. The Hall–Kier alpha value is -3.02. The molecule has 0 bridgehead atoms. The number of ether oxygens (including phenoxy) is 3. The fraction of sp³-hybridized carbons (Fsp3) is 0.391. The zero-order valence-electron chi connectivity index (χ0n) is 17.5. The van der Waals surface area contributed by atoms with Gasteiger partial charge in [-0.2, -0.15) is 0 Å². The van der Waals surface area contributed by atoms with Gasteiger partial charge < -0.3 is 19.1 Å². The zero-order valence-corrected chi connectivity index (χ0v) is 17.5. The van der Waals surface area contributed by atoms with Crippen LogP contribution in [0.1, 0.15) is 43.5 Å². The monoisotopic (exact) mass is 397 g/mol. The zero-order chi connectivity index (χ0) is 21.2. The lowest BCUT2D eigenvalue weighted by Crippen LogP contribution is -2.51. The molecule has 0 saturated heterocycles. The van der Waals surface area contributed by atoms with Crippen molar-refractivity contribution in [2.45, 2.75) is 38.8 Å². The van der Waals surface area contributed by atoms with E-state index in [0.717, 1.165) is 16.7 Å². The van der Waals surface area contributed by atoms with Crippen molar-refractivity contribution in [3.05, 3.63) is 59.2 Å². The number of carbonyl (C=O) groups is 2. The third-order valence-corrected chi connectivity index (χ3v) is 5.16. The van der Waals surface area contributed by atoms with Crippen LogP contribution in [0.2, 0.25) is 0 Å². The molecule has 2 aromatic carbocycles. The molecule has 29 heavy (non-hydrogen) atoms. The van der Waals surface area contributed by atoms with Crippen molar-refractivity contribution < 1.29 is 23.8 Å². The van der Waals surface area contributed by atoms with Crippen molar-refractivity contribution in [2.75, 3.05) is 20.8 Å². The minimum Gasteiger partial charge on any atom is -0.493 e. The number of benzene rings is 2. The lowest BCUT2D eigenvalue weighted by atomic mass is 9.86. The van der Waals surface area contributed by atoms with Gasteiger partial charge in [0.05, 0.1) is 20.3 Å². The van der Waals surface area contributed by atoms with Crippen LogP contribution < -0.4 is 9.47 Å². The summed E-state index contributed by atoms with van der Waals surface area (Å²) in [6.45, 7) is 5.07. The van der Waals surface area contributed by atoms with E-state index in [1.807, 2.05) is 42.5 Å². The van der Waals surface area contributed by atoms with Gasteiger partial charge in [0.15, 0.2) is 17.1 Å². The van der Waals surface area contributed by atoms with Crippen molar-refractivity contribution in [3.63, 3.8) is 0 Å². The quantitative estimate of drug-likeness (QED) is 0.723. The number of hydrogen-bond donors (Lipinski definition) is 0. The highest BCUT2D eigenvalue weighted by Crippen LogP contribution is 2.41. The third kappa shape index (κ3) is 4.06. The van der Waals surface area contributed by atoms with E-state index in [0.29, 0.717) is 24.5 Å². The average molecular weight is 397 g/mol. The van der Waals surface area contributed by atoms with E-state index in [1.165, 1.54) is 6.92 Å². The molecule has 1 atom stereocenters. The first-order valence-electron chi connectivity index (χ1n) is 9.59. The van der Waals surface area contributed by atoms with Crippen LogP contribution in [0.15, 0.2) is 42.5 Å². The molecule has 0 aliphatic carbocycles. The molecule has 0 N–H and O–H groups in total. The summed E-state index contributed by atoms with van der Waals surface area (Å²) in [4.78, 5) is 26.7. The fourth-order valence-electron chi connectivity index (χ4n) is 3.91. The van der Waals surface area contributed by atoms with E-state index in [4.69, 9.17) is 14.2 Å². The van der Waals surface area contributed by atoms with E-state index >= 15 is 0 Å². The van der Waals surface area contributed by atoms with Crippen LogP contribution in [0.25, 0.3) is 0 Å². The number of rotatable bonds is 5. The molecule has 1 amide bonds. The van der Waals surface area contributed by atoms with Crippen molar-refractivity contribution in [1.82, 2.24) is 4.90 Å². The molecule has 2 aromatic rings. The molecular formula is C23H27NO5. The molecule has 0 saturated carbocycles. The van der Waals surface area contributed by atoms with Gasteiger partial charge in [-0.05, 0) is 49.1 Å². The predicted octanol–water partition coefficient (Wildman–Crippen LogP) is 3.52. The van der Waals surface area contributed by atoms with Gasteiger partial charge in [-0.1, -0.05) is 30.3 Å². The van der Waals surface area contributed by atoms with E-state index < -0.39 is 11.6 Å². The van der Waals surface area contributed by atoms with E-state index in [2.05, 4.69) is 0 Å². The van der Waals surface area contributed by atoms with Crippen LogP contribution >= 0.6 is 0 Å². The SMILES string of the molecule is COc1cc2c(cc1OC)[C@@H](c1ccccc1)N(C(=O)C(C)(C)OC(C)=O)CC2. The number of carbonyl (C=O) groups excluding carboxylic acids is 2. The Bertz CT molecular complexity index is 907. The van der Waals surface area contributed by atoms with Crippen LogP contribution in [0.4, 0.5) is 0 Å². The van der Waals surface area contributed by atoms with Gasteiger partial charge >= 0.3 is 5.97 Å². The molecule has 1 aliphatic rings. The molecule has 6 nitrogen and oxygen atoms in total. The Morgan fingerprint density at radius 2 is 1.66 bits per heavy atom. The summed E-state index contributed by atoms with van der Waals surface area (Å²) in [6.07, 6.45) is 0.668. The summed E-state index contributed by atoms with van der Waals surface area (Å²) in [7, 11) is 3.20. The summed E-state index contributed by atoms with van der Waals surface area (Å²) < 4.78 is 16.3. The van der Waals surface area contributed by atoms with Gasteiger partial charge in [-0.15, -0.1) is 0 Å². The molecule has 6 heteroatoms. The number of amides is 1. The smallest absolute Gasteiger partial charge is 0.303 e. The van der Waals surface area contributed by atoms with Crippen molar-refractivity contribution in [1.29, 1.82) is 0 Å². The van der Waals surface area contributed by atoms with Crippen LogP contribution in [0, 0.1) is 0 Å². The van der Waals surface area contributed by atoms with Gasteiger partial charge in [0.25, 0.3) is 5.91 Å². The largest absolute Gasteiger partial charge is 0.493 e. The number of fused-ring (bicyclic) bond motifs is 1. The van der Waals surface area contributed by atoms with Crippen LogP contribution in [-0.4, -0.2) is 43.1 Å². The maximum atomic E-state index is 13.4. The summed E-state index contributed by atoms with van der Waals surface area (Å²) in [5, 5.41) is 0. The predicted molar refractivity (Wildman–Crippen MR) is 109 cm³/mol. The van der Waals surface area contributed by atoms with E-state index in [9.17, 15) is 9.59 Å². The molecule has 0 aromatic heterocycles. The molecule has 0 fully saturated rings. The van der Waals surface area contributed by atoms with Crippen molar-refractivity contribution >= 4 is 11.9 Å². The summed E-state index contributed by atoms with van der Waals surface area (Å²) >= 11 is 0. The molecule has 1 heterocycles. The average Bonchev–Trinajstić information content (AvgIpc) is 2.70. The summed E-state index contributed by atoms with van der Waals surface area (Å²) in [6, 6.07) is 13.4. The number of esters is 1. The van der Waals surface area contributed by atoms with E-state index in [1.54, 1.807) is 33.0 Å². The molecule has 0 spiro atoms. The topological polar surface area (TPSA) is 65.1 Å². The molecule has 154 valence electrons. The first kappa shape index (κ1) is 20.7. The first-order valence-corrected chi connectivity index (χ1v) is 9.59. The van der Waals surface area contributed by atoms with Crippen molar-refractivity contribution in [3.8, 4) is 11.5 Å². The van der Waals surface area contributed by atoms with Gasteiger partial charge in [0.2, 0.25) is 0 Å². The van der Waals surface area contributed by atoms with Crippen molar-refractivity contribution in [2.24, 2.45) is 0 Å². The van der Waals surface area contributed by atoms with Crippen LogP contribution in [0.3, 0.4) is 0 Å².